The lowest BCUT2D eigenvalue weighted by Gasteiger charge is -2.12. The first-order valence-corrected chi connectivity index (χ1v) is 7.89. The normalized spacial score (nSPS) is 18.1. The Morgan fingerprint density at radius 3 is 2.86 bits per heavy atom. The van der Waals surface area contributed by atoms with Gasteiger partial charge in [-0.2, -0.15) is 0 Å². The first kappa shape index (κ1) is 13.7. The standard InChI is InChI=1S/C17H16ClN3O/c18-12-5-7-13(8-6-12)21-16(11-14-3-2-10-22-14)20-15-4-1-9-19-17(15)21/h1,4-9,14H,2-3,10-11H2. The Hall–Kier alpha value is -1.91. The zero-order chi connectivity index (χ0) is 14.9. The highest BCUT2D eigenvalue weighted by molar-refractivity contribution is 6.30. The third-order valence-electron chi connectivity index (χ3n) is 4.00. The average molecular weight is 314 g/mol. The van der Waals surface area contributed by atoms with Crippen molar-refractivity contribution >= 4 is 22.8 Å². The van der Waals surface area contributed by atoms with E-state index in [2.05, 4.69) is 9.55 Å². The predicted molar refractivity (Wildman–Crippen MR) is 86.6 cm³/mol. The molecular weight excluding hydrogens is 298 g/mol. The van der Waals surface area contributed by atoms with Crippen molar-refractivity contribution in [3.05, 3.63) is 53.4 Å². The minimum absolute atomic E-state index is 0.253. The Kier molecular flexibility index (Phi) is 3.56. The lowest BCUT2D eigenvalue weighted by Crippen LogP contribution is -2.13. The molecule has 0 radical (unpaired) electrons. The fourth-order valence-electron chi connectivity index (χ4n) is 2.97. The monoisotopic (exact) mass is 313 g/mol. The Morgan fingerprint density at radius 1 is 1.23 bits per heavy atom. The molecule has 0 bridgehead atoms. The molecule has 4 nitrogen and oxygen atoms in total. The number of benzene rings is 1. The minimum atomic E-state index is 0.253. The number of hydrogen-bond acceptors (Lipinski definition) is 3. The predicted octanol–water partition coefficient (Wildman–Crippen LogP) is 3.80. The zero-order valence-electron chi connectivity index (χ0n) is 12.1. The molecule has 1 aliphatic heterocycles. The van der Waals surface area contributed by atoms with E-state index in [1.54, 1.807) is 6.20 Å². The molecule has 0 aliphatic carbocycles. The van der Waals surface area contributed by atoms with Crippen LogP contribution in [0.4, 0.5) is 0 Å². The third-order valence-corrected chi connectivity index (χ3v) is 4.26. The molecular formula is C17H16ClN3O. The molecule has 22 heavy (non-hydrogen) atoms. The van der Waals surface area contributed by atoms with E-state index in [9.17, 15) is 0 Å². The number of aromatic nitrogens is 3. The molecule has 1 aliphatic rings. The van der Waals surface area contributed by atoms with Gasteiger partial charge in [0.15, 0.2) is 5.65 Å². The molecule has 1 saturated heterocycles. The number of halogens is 1. The smallest absolute Gasteiger partial charge is 0.164 e. The van der Waals surface area contributed by atoms with Crippen molar-refractivity contribution in [2.24, 2.45) is 0 Å². The van der Waals surface area contributed by atoms with Crippen molar-refractivity contribution in [3.63, 3.8) is 0 Å². The van der Waals surface area contributed by atoms with Crippen LogP contribution in [0.5, 0.6) is 0 Å². The van der Waals surface area contributed by atoms with Crippen LogP contribution in [0.1, 0.15) is 18.7 Å². The van der Waals surface area contributed by atoms with Gasteiger partial charge in [-0.05, 0) is 49.2 Å². The van der Waals surface area contributed by atoms with E-state index in [0.29, 0.717) is 0 Å². The van der Waals surface area contributed by atoms with Crippen LogP contribution in [0, 0.1) is 0 Å². The highest BCUT2D eigenvalue weighted by atomic mass is 35.5. The maximum Gasteiger partial charge on any atom is 0.164 e. The Bertz CT molecular complexity index is 791. The number of fused-ring (bicyclic) bond motifs is 1. The van der Waals surface area contributed by atoms with Gasteiger partial charge in [0.1, 0.15) is 11.3 Å². The second kappa shape index (κ2) is 5.71. The Morgan fingerprint density at radius 2 is 2.09 bits per heavy atom. The minimum Gasteiger partial charge on any atom is -0.378 e. The van der Waals surface area contributed by atoms with Gasteiger partial charge in [0.25, 0.3) is 0 Å². The maximum absolute atomic E-state index is 6.01. The van der Waals surface area contributed by atoms with E-state index in [4.69, 9.17) is 21.3 Å². The second-order valence-corrected chi connectivity index (χ2v) is 5.96. The summed E-state index contributed by atoms with van der Waals surface area (Å²) in [5, 5.41) is 0.724. The molecule has 3 aromatic rings. The van der Waals surface area contributed by atoms with Gasteiger partial charge in [0.05, 0.1) is 6.10 Å². The van der Waals surface area contributed by atoms with Crippen LogP contribution in [-0.2, 0) is 11.2 Å². The number of hydrogen-bond donors (Lipinski definition) is 0. The Labute approximate surface area is 133 Å². The topological polar surface area (TPSA) is 39.9 Å². The summed E-state index contributed by atoms with van der Waals surface area (Å²) >= 11 is 6.01. The first-order valence-electron chi connectivity index (χ1n) is 7.51. The number of ether oxygens (including phenoxy) is 1. The largest absolute Gasteiger partial charge is 0.378 e. The van der Waals surface area contributed by atoms with Gasteiger partial charge < -0.3 is 4.74 Å². The van der Waals surface area contributed by atoms with Crippen LogP contribution >= 0.6 is 11.6 Å². The summed E-state index contributed by atoms with van der Waals surface area (Å²) in [6.07, 6.45) is 5.08. The van der Waals surface area contributed by atoms with Crippen molar-refractivity contribution in [3.8, 4) is 5.69 Å². The van der Waals surface area contributed by atoms with Crippen LogP contribution in [0.3, 0.4) is 0 Å². The average Bonchev–Trinajstić information content (AvgIpc) is 3.16. The number of rotatable bonds is 3. The van der Waals surface area contributed by atoms with Crippen LogP contribution in [-0.4, -0.2) is 27.2 Å². The van der Waals surface area contributed by atoms with Crippen LogP contribution < -0.4 is 0 Å². The summed E-state index contributed by atoms with van der Waals surface area (Å²) in [7, 11) is 0. The van der Waals surface area contributed by atoms with Gasteiger partial charge in [-0.25, -0.2) is 9.97 Å². The number of nitrogens with zero attached hydrogens (tertiary/aromatic N) is 3. The summed E-state index contributed by atoms with van der Waals surface area (Å²) in [5.41, 5.74) is 2.81. The molecule has 0 spiro atoms. The third kappa shape index (κ3) is 2.49. The van der Waals surface area contributed by atoms with Gasteiger partial charge in [0.2, 0.25) is 0 Å². The lowest BCUT2D eigenvalue weighted by atomic mass is 10.2. The highest BCUT2D eigenvalue weighted by Crippen LogP contribution is 2.24. The molecule has 2 aromatic heterocycles. The summed E-state index contributed by atoms with van der Waals surface area (Å²) in [6.45, 7) is 0.851. The molecule has 1 aromatic carbocycles. The number of pyridine rings is 1. The zero-order valence-corrected chi connectivity index (χ0v) is 12.8. The van der Waals surface area contributed by atoms with E-state index >= 15 is 0 Å². The number of imidazole rings is 1. The Balaban J connectivity index is 1.83. The molecule has 0 N–H and O–H groups in total. The summed E-state index contributed by atoms with van der Waals surface area (Å²) in [6, 6.07) is 11.7. The van der Waals surface area contributed by atoms with Gasteiger partial charge in [0, 0.05) is 29.9 Å². The van der Waals surface area contributed by atoms with Crippen molar-refractivity contribution in [2.75, 3.05) is 6.61 Å². The van der Waals surface area contributed by atoms with E-state index in [0.717, 1.165) is 53.6 Å². The van der Waals surface area contributed by atoms with Crippen LogP contribution in [0.25, 0.3) is 16.9 Å². The van der Waals surface area contributed by atoms with Gasteiger partial charge in [-0.1, -0.05) is 11.6 Å². The second-order valence-electron chi connectivity index (χ2n) is 5.53. The first-order chi connectivity index (χ1) is 10.8. The summed E-state index contributed by atoms with van der Waals surface area (Å²) < 4.78 is 7.87. The van der Waals surface area contributed by atoms with Gasteiger partial charge in [-0.3, -0.25) is 4.57 Å². The molecule has 1 atom stereocenters. The summed E-state index contributed by atoms with van der Waals surface area (Å²) in [4.78, 5) is 9.26. The van der Waals surface area contributed by atoms with E-state index in [1.165, 1.54) is 0 Å². The van der Waals surface area contributed by atoms with Gasteiger partial charge >= 0.3 is 0 Å². The molecule has 1 fully saturated rings. The lowest BCUT2D eigenvalue weighted by molar-refractivity contribution is 0.109. The van der Waals surface area contributed by atoms with Crippen LogP contribution in [0.15, 0.2) is 42.6 Å². The molecule has 4 rings (SSSR count). The maximum atomic E-state index is 6.01. The van der Waals surface area contributed by atoms with Crippen LogP contribution in [0.2, 0.25) is 5.02 Å². The molecule has 112 valence electrons. The van der Waals surface area contributed by atoms with Crippen molar-refractivity contribution < 1.29 is 4.74 Å². The van der Waals surface area contributed by atoms with Crippen molar-refractivity contribution in [1.29, 1.82) is 0 Å². The van der Waals surface area contributed by atoms with E-state index < -0.39 is 0 Å². The molecule has 1 unspecified atom stereocenters. The molecule has 5 heteroatoms. The van der Waals surface area contributed by atoms with Crippen molar-refractivity contribution in [2.45, 2.75) is 25.4 Å². The summed E-state index contributed by atoms with van der Waals surface area (Å²) in [5.74, 6) is 0.989. The SMILES string of the molecule is Clc1ccc(-n2c(CC3CCCO3)nc3cccnc32)cc1. The molecule has 0 saturated carbocycles. The van der Waals surface area contributed by atoms with E-state index in [-0.39, 0.29) is 6.10 Å². The molecule has 3 heterocycles. The fraction of sp³-hybridized carbons (Fsp3) is 0.294. The van der Waals surface area contributed by atoms with E-state index in [1.807, 2.05) is 36.4 Å². The molecule has 0 amide bonds. The quantitative estimate of drug-likeness (QED) is 0.738. The van der Waals surface area contributed by atoms with Gasteiger partial charge in [-0.15, -0.1) is 0 Å². The fourth-order valence-corrected chi connectivity index (χ4v) is 3.09. The highest BCUT2D eigenvalue weighted by Gasteiger charge is 2.21. The van der Waals surface area contributed by atoms with Crippen molar-refractivity contribution in [1.82, 2.24) is 14.5 Å².